The van der Waals surface area contributed by atoms with E-state index in [9.17, 15) is 4.79 Å². The molecular formula is C22H25N5O. The van der Waals surface area contributed by atoms with Gasteiger partial charge in [-0.25, -0.2) is 4.98 Å². The zero-order valence-electron chi connectivity index (χ0n) is 16.1. The minimum absolute atomic E-state index is 0.170. The van der Waals surface area contributed by atoms with Crippen molar-refractivity contribution in [2.24, 2.45) is 0 Å². The molecule has 2 aromatic carbocycles. The number of carbonyl (C=O) groups excluding carboxylic acids is 1. The van der Waals surface area contributed by atoms with Gasteiger partial charge < -0.3 is 10.2 Å². The highest BCUT2D eigenvalue weighted by Crippen LogP contribution is 2.17. The Balaban J connectivity index is 1.24. The number of hydrogen-bond donors (Lipinski definition) is 1. The molecule has 0 radical (unpaired) electrons. The first-order valence-corrected chi connectivity index (χ1v) is 9.73. The number of rotatable bonds is 5. The summed E-state index contributed by atoms with van der Waals surface area (Å²) in [7, 11) is 0. The number of benzene rings is 2. The summed E-state index contributed by atoms with van der Waals surface area (Å²) in [5.41, 5.74) is 4.48. The first kappa shape index (κ1) is 18.4. The van der Waals surface area contributed by atoms with E-state index < -0.39 is 0 Å². The molecule has 0 atom stereocenters. The highest BCUT2D eigenvalue weighted by Gasteiger charge is 2.17. The van der Waals surface area contributed by atoms with Crippen molar-refractivity contribution in [1.29, 1.82) is 0 Å². The average Bonchev–Trinajstić information content (AvgIpc) is 2.74. The molecule has 1 amide bonds. The van der Waals surface area contributed by atoms with Crippen molar-refractivity contribution in [2.75, 3.05) is 44.2 Å². The van der Waals surface area contributed by atoms with Crippen LogP contribution in [-0.2, 0) is 0 Å². The van der Waals surface area contributed by atoms with Gasteiger partial charge in [-0.1, -0.05) is 24.3 Å². The Hall–Kier alpha value is -2.99. The summed E-state index contributed by atoms with van der Waals surface area (Å²) in [6.45, 7) is 7.59. The van der Waals surface area contributed by atoms with Gasteiger partial charge in [-0.05, 0) is 36.8 Å². The molecule has 0 unspecified atom stereocenters. The van der Waals surface area contributed by atoms with Crippen LogP contribution in [0, 0.1) is 6.92 Å². The molecule has 28 heavy (non-hydrogen) atoms. The van der Waals surface area contributed by atoms with Crippen molar-refractivity contribution in [3.8, 4) is 0 Å². The van der Waals surface area contributed by atoms with Crippen LogP contribution in [0.25, 0.3) is 11.0 Å². The standard InChI is InChI=1S/C22H25N5O/c1-17-5-4-6-18(15-17)27-13-11-26(12-14-27)10-9-23-22(28)21-16-24-19-7-2-3-8-20(19)25-21/h2-8,15-16H,9-14H2,1H3,(H,23,28). The lowest BCUT2D eigenvalue weighted by atomic mass is 10.2. The Kier molecular flexibility index (Phi) is 5.48. The monoisotopic (exact) mass is 375 g/mol. The van der Waals surface area contributed by atoms with E-state index in [1.165, 1.54) is 17.4 Å². The molecule has 1 aliphatic rings. The SMILES string of the molecule is Cc1cccc(N2CCN(CCNC(=O)c3cnc4ccccc4n3)CC2)c1. The van der Waals surface area contributed by atoms with E-state index in [4.69, 9.17) is 0 Å². The van der Waals surface area contributed by atoms with Crippen LogP contribution in [0.3, 0.4) is 0 Å². The highest BCUT2D eigenvalue weighted by atomic mass is 16.1. The zero-order valence-corrected chi connectivity index (χ0v) is 16.1. The van der Waals surface area contributed by atoms with Gasteiger partial charge in [-0.3, -0.25) is 14.7 Å². The maximum absolute atomic E-state index is 12.4. The lowest BCUT2D eigenvalue weighted by Gasteiger charge is -2.36. The summed E-state index contributed by atoms with van der Waals surface area (Å²) in [5.74, 6) is -0.170. The minimum atomic E-state index is -0.170. The number of carbonyl (C=O) groups is 1. The van der Waals surface area contributed by atoms with Crippen molar-refractivity contribution in [2.45, 2.75) is 6.92 Å². The molecule has 0 saturated carbocycles. The molecule has 2 heterocycles. The third-order valence-corrected chi connectivity index (χ3v) is 5.13. The van der Waals surface area contributed by atoms with E-state index >= 15 is 0 Å². The Morgan fingerprint density at radius 1 is 1.04 bits per heavy atom. The maximum Gasteiger partial charge on any atom is 0.271 e. The van der Waals surface area contributed by atoms with Crippen molar-refractivity contribution in [3.63, 3.8) is 0 Å². The molecule has 1 saturated heterocycles. The number of amides is 1. The van der Waals surface area contributed by atoms with Crippen LogP contribution in [0.5, 0.6) is 0 Å². The number of fused-ring (bicyclic) bond motifs is 1. The van der Waals surface area contributed by atoms with Gasteiger partial charge in [0.2, 0.25) is 0 Å². The van der Waals surface area contributed by atoms with Gasteiger partial charge in [0.05, 0.1) is 17.2 Å². The van der Waals surface area contributed by atoms with Crippen molar-refractivity contribution >= 4 is 22.6 Å². The topological polar surface area (TPSA) is 61.4 Å². The number of nitrogens with one attached hydrogen (secondary N) is 1. The summed E-state index contributed by atoms with van der Waals surface area (Å²) < 4.78 is 0. The van der Waals surface area contributed by atoms with Crippen LogP contribution >= 0.6 is 0 Å². The number of anilines is 1. The molecule has 3 aromatic rings. The first-order valence-electron chi connectivity index (χ1n) is 9.73. The summed E-state index contributed by atoms with van der Waals surface area (Å²) >= 11 is 0. The predicted molar refractivity (Wildman–Crippen MR) is 112 cm³/mol. The first-order chi connectivity index (χ1) is 13.7. The van der Waals surface area contributed by atoms with Crippen LogP contribution in [-0.4, -0.2) is 60.0 Å². The van der Waals surface area contributed by atoms with E-state index in [2.05, 4.69) is 56.3 Å². The van der Waals surface area contributed by atoms with Crippen LogP contribution in [0.4, 0.5) is 5.69 Å². The summed E-state index contributed by atoms with van der Waals surface area (Å²) in [6.07, 6.45) is 1.54. The molecule has 1 aliphatic heterocycles. The van der Waals surface area contributed by atoms with Gasteiger partial charge in [0.15, 0.2) is 0 Å². The number of para-hydroxylation sites is 2. The lowest BCUT2D eigenvalue weighted by Crippen LogP contribution is -2.48. The van der Waals surface area contributed by atoms with E-state index in [1.807, 2.05) is 24.3 Å². The number of piperazine rings is 1. The molecule has 1 N–H and O–H groups in total. The minimum Gasteiger partial charge on any atom is -0.369 e. The van der Waals surface area contributed by atoms with Gasteiger partial charge in [0.1, 0.15) is 5.69 Å². The molecule has 1 aromatic heterocycles. The molecule has 1 fully saturated rings. The lowest BCUT2D eigenvalue weighted by molar-refractivity contribution is 0.0943. The zero-order chi connectivity index (χ0) is 19.3. The predicted octanol–water partition coefficient (Wildman–Crippen LogP) is 2.49. The molecule has 6 nitrogen and oxygen atoms in total. The van der Waals surface area contributed by atoms with E-state index in [0.29, 0.717) is 12.2 Å². The van der Waals surface area contributed by atoms with E-state index in [-0.39, 0.29) is 5.91 Å². The number of aryl methyl sites for hydroxylation is 1. The molecule has 144 valence electrons. The number of hydrogen-bond acceptors (Lipinski definition) is 5. The number of aromatic nitrogens is 2. The second kappa shape index (κ2) is 8.35. The maximum atomic E-state index is 12.4. The molecule has 4 rings (SSSR count). The quantitative estimate of drug-likeness (QED) is 0.742. The molecule has 0 spiro atoms. The van der Waals surface area contributed by atoms with Gasteiger partial charge in [0.25, 0.3) is 5.91 Å². The molecule has 6 heteroatoms. The molecule has 0 bridgehead atoms. The second-order valence-electron chi connectivity index (χ2n) is 7.17. The Morgan fingerprint density at radius 2 is 1.82 bits per heavy atom. The Labute approximate surface area is 165 Å². The van der Waals surface area contributed by atoms with E-state index in [1.54, 1.807) is 0 Å². The van der Waals surface area contributed by atoms with Gasteiger partial charge in [0, 0.05) is 45.0 Å². The number of nitrogens with zero attached hydrogens (tertiary/aromatic N) is 4. The Morgan fingerprint density at radius 3 is 2.61 bits per heavy atom. The van der Waals surface area contributed by atoms with Crippen molar-refractivity contribution in [1.82, 2.24) is 20.2 Å². The van der Waals surface area contributed by atoms with Crippen LogP contribution in [0.1, 0.15) is 16.1 Å². The van der Waals surface area contributed by atoms with E-state index in [0.717, 1.165) is 43.8 Å². The van der Waals surface area contributed by atoms with Crippen molar-refractivity contribution < 1.29 is 4.79 Å². The smallest absolute Gasteiger partial charge is 0.271 e. The molecule has 0 aliphatic carbocycles. The van der Waals surface area contributed by atoms with Gasteiger partial charge in [-0.15, -0.1) is 0 Å². The van der Waals surface area contributed by atoms with Crippen LogP contribution in [0.15, 0.2) is 54.7 Å². The van der Waals surface area contributed by atoms with Crippen LogP contribution in [0.2, 0.25) is 0 Å². The van der Waals surface area contributed by atoms with Gasteiger partial charge in [-0.2, -0.15) is 0 Å². The third-order valence-electron chi connectivity index (χ3n) is 5.13. The highest BCUT2D eigenvalue weighted by molar-refractivity contribution is 5.93. The summed E-state index contributed by atoms with van der Waals surface area (Å²) in [5, 5.41) is 2.96. The third kappa shape index (κ3) is 4.28. The normalized spacial score (nSPS) is 15.0. The summed E-state index contributed by atoms with van der Waals surface area (Å²) in [6, 6.07) is 16.2. The van der Waals surface area contributed by atoms with Gasteiger partial charge >= 0.3 is 0 Å². The fraction of sp³-hybridized carbons (Fsp3) is 0.318. The summed E-state index contributed by atoms with van der Waals surface area (Å²) in [4.78, 5) is 25.9. The average molecular weight is 375 g/mol. The largest absolute Gasteiger partial charge is 0.369 e. The molecular weight excluding hydrogens is 350 g/mol. The fourth-order valence-electron chi connectivity index (χ4n) is 3.54. The fourth-order valence-corrected chi connectivity index (χ4v) is 3.54. The Bertz CT molecular complexity index is 966. The van der Waals surface area contributed by atoms with Crippen molar-refractivity contribution in [3.05, 3.63) is 66.0 Å². The second-order valence-corrected chi connectivity index (χ2v) is 7.17. The van der Waals surface area contributed by atoms with Crippen LogP contribution < -0.4 is 10.2 Å².